The lowest BCUT2D eigenvalue weighted by Crippen LogP contribution is -2.57. The van der Waals surface area contributed by atoms with Crippen LogP contribution >= 0.6 is 0 Å². The van der Waals surface area contributed by atoms with Crippen molar-refractivity contribution >= 4 is 11.8 Å². The van der Waals surface area contributed by atoms with Crippen molar-refractivity contribution in [1.29, 1.82) is 0 Å². The summed E-state index contributed by atoms with van der Waals surface area (Å²) in [4.78, 5) is 26.0. The molecular formula is C30H46O4. The van der Waals surface area contributed by atoms with E-state index in [1.807, 2.05) is 6.92 Å². The van der Waals surface area contributed by atoms with Gasteiger partial charge in [0.25, 0.3) is 0 Å². The molecule has 0 aromatic heterocycles. The lowest BCUT2D eigenvalue weighted by molar-refractivity contribution is -0.175. The highest BCUT2D eigenvalue weighted by molar-refractivity contribution is 5.86. The summed E-state index contributed by atoms with van der Waals surface area (Å²) < 4.78 is 0. The van der Waals surface area contributed by atoms with Gasteiger partial charge in [0.15, 0.2) is 0 Å². The maximum Gasteiger partial charge on any atom is 0.310 e. The van der Waals surface area contributed by atoms with Crippen LogP contribution in [0.15, 0.2) is 12.2 Å². The van der Waals surface area contributed by atoms with Crippen molar-refractivity contribution in [2.45, 2.75) is 98.3 Å². The number of carboxylic acids is 1. The Morgan fingerprint density at radius 1 is 1.06 bits per heavy atom. The smallest absolute Gasteiger partial charge is 0.310 e. The predicted molar refractivity (Wildman–Crippen MR) is 133 cm³/mol. The minimum Gasteiger partial charge on any atom is -0.481 e. The zero-order valence-corrected chi connectivity index (χ0v) is 21.9. The summed E-state index contributed by atoms with van der Waals surface area (Å²) in [6.07, 6.45) is 10.9. The van der Waals surface area contributed by atoms with Crippen molar-refractivity contribution < 1.29 is 19.8 Å². The van der Waals surface area contributed by atoms with Gasteiger partial charge < -0.3 is 10.2 Å². The predicted octanol–water partition coefficient (Wildman–Crippen LogP) is 6.27. The van der Waals surface area contributed by atoms with Gasteiger partial charge in [0, 0.05) is 24.4 Å². The molecule has 0 saturated heterocycles. The van der Waals surface area contributed by atoms with Gasteiger partial charge in [0.2, 0.25) is 0 Å². The number of aliphatic carboxylic acids is 1. The third-order valence-corrected chi connectivity index (χ3v) is 12.6. The third-order valence-electron chi connectivity index (χ3n) is 12.6. The van der Waals surface area contributed by atoms with Crippen LogP contribution in [-0.2, 0) is 9.59 Å². The monoisotopic (exact) mass is 470 g/mol. The van der Waals surface area contributed by atoms with Gasteiger partial charge in [-0.2, -0.15) is 0 Å². The third kappa shape index (κ3) is 2.99. The van der Waals surface area contributed by atoms with Gasteiger partial charge >= 0.3 is 5.97 Å². The Morgan fingerprint density at radius 2 is 1.74 bits per heavy atom. The van der Waals surface area contributed by atoms with E-state index in [2.05, 4.69) is 27.4 Å². The van der Waals surface area contributed by atoms with Crippen LogP contribution in [0.3, 0.4) is 0 Å². The van der Waals surface area contributed by atoms with Gasteiger partial charge in [-0.15, -0.1) is 0 Å². The number of hydrogen-bond donors (Lipinski definition) is 2. The first-order valence-electron chi connectivity index (χ1n) is 14.0. The molecule has 0 bridgehead atoms. The Labute approximate surface area is 206 Å². The van der Waals surface area contributed by atoms with Gasteiger partial charge in [-0.1, -0.05) is 32.9 Å². The molecule has 5 fully saturated rings. The molecule has 5 aliphatic rings. The van der Waals surface area contributed by atoms with Crippen molar-refractivity contribution in [2.24, 2.45) is 57.2 Å². The Kier molecular flexibility index (Phi) is 5.71. The van der Waals surface area contributed by atoms with Gasteiger partial charge in [-0.05, 0) is 112 Å². The first-order chi connectivity index (χ1) is 16.0. The molecule has 0 amide bonds. The normalized spacial score (nSPS) is 45.9. The van der Waals surface area contributed by atoms with E-state index in [9.17, 15) is 19.8 Å². The van der Waals surface area contributed by atoms with E-state index in [0.29, 0.717) is 30.0 Å². The van der Waals surface area contributed by atoms with Crippen molar-refractivity contribution in [3.05, 3.63) is 12.2 Å². The molecule has 5 saturated carbocycles. The van der Waals surface area contributed by atoms with Crippen LogP contribution < -0.4 is 0 Å². The van der Waals surface area contributed by atoms with Gasteiger partial charge in [-0.25, -0.2) is 0 Å². The Bertz CT molecular complexity index is 890. The second kappa shape index (κ2) is 7.92. The van der Waals surface area contributed by atoms with E-state index in [1.165, 1.54) is 12.8 Å². The minimum absolute atomic E-state index is 0.154. The van der Waals surface area contributed by atoms with Crippen molar-refractivity contribution in [3.63, 3.8) is 0 Å². The average Bonchev–Trinajstić information content (AvgIpc) is 3.27. The van der Waals surface area contributed by atoms with Crippen molar-refractivity contribution in [1.82, 2.24) is 0 Å². The van der Waals surface area contributed by atoms with E-state index >= 15 is 0 Å². The quantitative estimate of drug-likeness (QED) is 0.430. The molecule has 0 radical (unpaired) electrons. The van der Waals surface area contributed by atoms with E-state index < -0.39 is 11.4 Å². The highest BCUT2D eigenvalue weighted by Crippen LogP contribution is 2.87. The van der Waals surface area contributed by atoms with Gasteiger partial charge in [0.1, 0.15) is 5.78 Å². The molecular weight excluding hydrogens is 424 g/mol. The second-order valence-corrected chi connectivity index (χ2v) is 13.8. The zero-order valence-electron chi connectivity index (χ0n) is 21.9. The highest BCUT2D eigenvalue weighted by Gasteiger charge is 2.82. The maximum absolute atomic E-state index is 13.2. The topological polar surface area (TPSA) is 74.6 Å². The first kappa shape index (κ1) is 24.5. The largest absolute Gasteiger partial charge is 0.481 e. The van der Waals surface area contributed by atoms with Crippen LogP contribution in [0.4, 0.5) is 0 Å². The molecule has 5 rings (SSSR count). The summed E-state index contributed by atoms with van der Waals surface area (Å²) in [5.41, 5.74) is 0.620. The molecule has 4 nitrogen and oxygen atoms in total. The van der Waals surface area contributed by atoms with Gasteiger partial charge in [0.05, 0.1) is 5.41 Å². The maximum atomic E-state index is 13.2. The molecule has 0 heterocycles. The molecule has 0 unspecified atom stereocenters. The molecule has 0 aliphatic heterocycles. The molecule has 5 aliphatic carbocycles. The Balaban J connectivity index is 1.40. The number of carboxylic acid groups (broad SMARTS) is 1. The number of aliphatic hydroxyl groups excluding tert-OH is 1. The lowest BCUT2D eigenvalue weighted by atomic mass is 9.45. The minimum atomic E-state index is -0.567. The summed E-state index contributed by atoms with van der Waals surface area (Å²) >= 11 is 0. The van der Waals surface area contributed by atoms with Crippen LogP contribution in [0.25, 0.3) is 0 Å². The molecule has 2 spiro atoms. The van der Waals surface area contributed by atoms with Crippen LogP contribution in [0, 0.1) is 57.2 Å². The number of ketones is 1. The zero-order chi connectivity index (χ0) is 24.7. The molecule has 190 valence electrons. The summed E-state index contributed by atoms with van der Waals surface area (Å²) in [5.74, 6) is 2.00. The van der Waals surface area contributed by atoms with E-state index in [-0.39, 0.29) is 40.6 Å². The van der Waals surface area contributed by atoms with Crippen LogP contribution in [0.2, 0.25) is 0 Å². The molecule has 4 heteroatoms. The fraction of sp³-hybridized carbons (Fsp3) is 0.867. The summed E-state index contributed by atoms with van der Waals surface area (Å²) in [6.45, 7) is 12.9. The Hall–Kier alpha value is -1.16. The lowest BCUT2D eigenvalue weighted by Gasteiger charge is -2.58. The number of Topliss-reactive ketones (excluding diaryl/α,β-unsaturated/α-hetero) is 1. The number of aliphatic hydroxyl groups is 1. The number of carbonyl (C=O) groups excluding carboxylic acids is 1. The Morgan fingerprint density at radius 3 is 2.38 bits per heavy atom. The van der Waals surface area contributed by atoms with E-state index in [0.717, 1.165) is 56.9 Å². The first-order valence-corrected chi connectivity index (χ1v) is 14.0. The number of fused-ring (bicyclic) bond motifs is 2. The standard InChI is InChI=1S/C30H46O4/c1-18(2)20(16-31)7-6-19(3)21-10-15-30(26(33)34)22(21)11-13-29-17-28(29)14-12-25(32)27(4,5)23(28)8-9-24(29)30/h19-24,31H,1,6-17H2,2-5H3,(H,33,34)/t19-,20-,21-,22-,23+,24-,28-,29+,30+/m1/s1. The number of rotatable bonds is 7. The molecule has 9 atom stereocenters. The molecule has 0 aromatic carbocycles. The second-order valence-electron chi connectivity index (χ2n) is 13.8. The van der Waals surface area contributed by atoms with Crippen LogP contribution in [-0.4, -0.2) is 28.6 Å². The van der Waals surface area contributed by atoms with Crippen LogP contribution in [0.5, 0.6) is 0 Å². The number of carbonyl (C=O) groups is 2. The van der Waals surface area contributed by atoms with E-state index in [1.54, 1.807) is 0 Å². The molecule has 2 N–H and O–H groups in total. The fourth-order valence-electron chi connectivity index (χ4n) is 10.8. The van der Waals surface area contributed by atoms with E-state index in [4.69, 9.17) is 0 Å². The van der Waals surface area contributed by atoms with Crippen LogP contribution in [0.1, 0.15) is 98.3 Å². The molecule has 34 heavy (non-hydrogen) atoms. The van der Waals surface area contributed by atoms with Gasteiger partial charge in [-0.3, -0.25) is 9.59 Å². The number of hydrogen-bond acceptors (Lipinski definition) is 3. The van der Waals surface area contributed by atoms with Crippen molar-refractivity contribution in [2.75, 3.05) is 6.61 Å². The summed E-state index contributed by atoms with van der Waals surface area (Å²) in [7, 11) is 0. The molecule has 0 aromatic rings. The summed E-state index contributed by atoms with van der Waals surface area (Å²) in [6, 6.07) is 0. The SMILES string of the molecule is C=C(C)[C@@H](CO)CC[C@@H](C)[C@H]1CC[C@]2(C(=O)O)[C@@H]1CC[C@@]13C[C@@]14CCC(=O)C(C)(C)[C@@H]4CC[C@@H]23. The fourth-order valence-corrected chi connectivity index (χ4v) is 10.8. The average molecular weight is 471 g/mol. The van der Waals surface area contributed by atoms with Crippen molar-refractivity contribution in [3.8, 4) is 0 Å². The highest BCUT2D eigenvalue weighted by atomic mass is 16.4. The summed E-state index contributed by atoms with van der Waals surface area (Å²) in [5, 5.41) is 20.6.